The van der Waals surface area contributed by atoms with E-state index in [9.17, 15) is 9.59 Å². The minimum atomic E-state index is -0.356. The van der Waals surface area contributed by atoms with Gasteiger partial charge in [0.25, 0.3) is 11.5 Å². The Morgan fingerprint density at radius 3 is 2.59 bits per heavy atom. The Kier molecular flexibility index (Phi) is 3.00. The van der Waals surface area contributed by atoms with Crippen LogP contribution in [0, 0.1) is 6.92 Å². The average Bonchev–Trinajstić information content (AvgIpc) is 2.33. The molecule has 1 aromatic carbocycles. The van der Waals surface area contributed by atoms with E-state index in [1.54, 1.807) is 12.1 Å². The normalized spacial score (nSPS) is 9.94. The first-order valence-corrected chi connectivity index (χ1v) is 5.08. The summed E-state index contributed by atoms with van der Waals surface area (Å²) >= 11 is 0. The maximum Gasteiger partial charge on any atom is 0.275 e. The molecule has 2 aromatic rings. The molecule has 86 valence electrons. The monoisotopic (exact) mass is 229 g/mol. The van der Waals surface area contributed by atoms with Crippen molar-refractivity contribution in [1.29, 1.82) is 0 Å². The van der Waals surface area contributed by atoms with Crippen molar-refractivity contribution in [2.24, 2.45) is 0 Å². The molecule has 0 fully saturated rings. The highest BCUT2D eigenvalue weighted by molar-refractivity contribution is 6.02. The number of aromatic nitrogens is 2. The summed E-state index contributed by atoms with van der Waals surface area (Å²) < 4.78 is 0. The predicted octanol–water partition coefficient (Wildman–Crippen LogP) is 1.33. The fraction of sp³-hybridized carbons (Fsp3) is 0.0833. The van der Waals surface area contributed by atoms with Gasteiger partial charge in [-0.15, -0.1) is 0 Å². The summed E-state index contributed by atoms with van der Waals surface area (Å²) in [5.41, 5.74) is 1.64. The Bertz CT molecular complexity index is 567. The average molecular weight is 229 g/mol. The number of anilines is 1. The zero-order chi connectivity index (χ0) is 12.3. The maximum atomic E-state index is 11.7. The Balaban J connectivity index is 2.14. The largest absolute Gasteiger partial charge is 0.325 e. The fourth-order valence-corrected chi connectivity index (χ4v) is 1.30. The van der Waals surface area contributed by atoms with Gasteiger partial charge in [-0.2, -0.15) is 0 Å². The highest BCUT2D eigenvalue weighted by atomic mass is 16.2. The zero-order valence-electron chi connectivity index (χ0n) is 9.23. The van der Waals surface area contributed by atoms with Crippen molar-refractivity contribution in [2.45, 2.75) is 6.92 Å². The molecule has 0 spiro atoms. The van der Waals surface area contributed by atoms with Crippen molar-refractivity contribution >= 4 is 11.6 Å². The molecule has 0 aliphatic rings. The Morgan fingerprint density at radius 1 is 1.29 bits per heavy atom. The summed E-state index contributed by atoms with van der Waals surface area (Å²) in [6.07, 6.45) is 2.36. The number of carbonyl (C=O) groups is 1. The van der Waals surface area contributed by atoms with E-state index in [1.807, 2.05) is 19.1 Å². The van der Waals surface area contributed by atoms with Gasteiger partial charge in [-0.05, 0) is 19.1 Å². The molecule has 1 heterocycles. The number of H-pyrrole nitrogens is 1. The minimum Gasteiger partial charge on any atom is -0.325 e. The molecule has 0 radical (unpaired) electrons. The molecule has 2 rings (SSSR count). The first-order chi connectivity index (χ1) is 8.15. The van der Waals surface area contributed by atoms with Crippen LogP contribution >= 0.6 is 0 Å². The predicted molar refractivity (Wildman–Crippen MR) is 64.0 cm³/mol. The van der Waals surface area contributed by atoms with E-state index in [2.05, 4.69) is 15.3 Å². The molecule has 0 unspecified atom stereocenters. The van der Waals surface area contributed by atoms with Gasteiger partial charge in [-0.1, -0.05) is 17.7 Å². The fourth-order valence-electron chi connectivity index (χ4n) is 1.30. The second-order valence-electron chi connectivity index (χ2n) is 3.62. The number of aromatic amines is 1. The molecule has 5 heteroatoms. The van der Waals surface area contributed by atoms with Crippen LogP contribution in [-0.4, -0.2) is 15.9 Å². The molecule has 0 atom stereocenters. The molecule has 0 saturated heterocycles. The SMILES string of the molecule is Cc1ccc(NC(=O)c2c[nH]c(=O)cn2)cc1. The van der Waals surface area contributed by atoms with Gasteiger partial charge >= 0.3 is 0 Å². The number of benzene rings is 1. The van der Waals surface area contributed by atoms with Crippen molar-refractivity contribution in [1.82, 2.24) is 9.97 Å². The molecule has 2 N–H and O–H groups in total. The van der Waals surface area contributed by atoms with Crippen molar-refractivity contribution in [3.63, 3.8) is 0 Å². The Morgan fingerprint density at radius 2 is 2.00 bits per heavy atom. The van der Waals surface area contributed by atoms with Crippen molar-refractivity contribution < 1.29 is 4.79 Å². The number of carbonyl (C=O) groups excluding carboxylic acids is 1. The summed E-state index contributed by atoms with van der Waals surface area (Å²) in [5.74, 6) is -0.356. The molecule has 0 saturated carbocycles. The highest BCUT2D eigenvalue weighted by Gasteiger charge is 2.06. The zero-order valence-corrected chi connectivity index (χ0v) is 9.23. The second kappa shape index (κ2) is 4.61. The molecular formula is C12H11N3O2. The third kappa shape index (κ3) is 2.78. The number of aryl methyl sites for hydroxylation is 1. The van der Waals surface area contributed by atoms with Crippen LogP contribution in [0.2, 0.25) is 0 Å². The van der Waals surface area contributed by atoms with Crippen LogP contribution in [0.25, 0.3) is 0 Å². The van der Waals surface area contributed by atoms with Gasteiger partial charge < -0.3 is 10.3 Å². The summed E-state index contributed by atoms with van der Waals surface area (Å²) in [6, 6.07) is 7.41. The van der Waals surface area contributed by atoms with Gasteiger partial charge in [0.05, 0.1) is 6.20 Å². The lowest BCUT2D eigenvalue weighted by molar-refractivity contribution is 0.102. The van der Waals surface area contributed by atoms with E-state index in [1.165, 1.54) is 6.20 Å². The van der Waals surface area contributed by atoms with Crippen molar-refractivity contribution in [3.8, 4) is 0 Å². The van der Waals surface area contributed by atoms with E-state index in [4.69, 9.17) is 0 Å². The Hall–Kier alpha value is -2.43. The van der Waals surface area contributed by atoms with Gasteiger partial charge in [0.15, 0.2) is 0 Å². The van der Waals surface area contributed by atoms with Crippen molar-refractivity contribution in [2.75, 3.05) is 5.32 Å². The first-order valence-electron chi connectivity index (χ1n) is 5.08. The van der Waals surface area contributed by atoms with Gasteiger partial charge in [0.1, 0.15) is 5.69 Å². The summed E-state index contributed by atoms with van der Waals surface area (Å²) in [6.45, 7) is 1.97. The number of nitrogens with zero attached hydrogens (tertiary/aromatic N) is 1. The maximum absolute atomic E-state index is 11.7. The number of rotatable bonds is 2. The van der Waals surface area contributed by atoms with Gasteiger partial charge in [0, 0.05) is 11.9 Å². The summed E-state index contributed by atoms with van der Waals surface area (Å²) in [7, 11) is 0. The van der Waals surface area contributed by atoms with E-state index < -0.39 is 0 Å². The van der Waals surface area contributed by atoms with Gasteiger partial charge in [-0.25, -0.2) is 4.98 Å². The van der Waals surface area contributed by atoms with Crippen LogP contribution in [0.4, 0.5) is 5.69 Å². The number of amides is 1. The smallest absolute Gasteiger partial charge is 0.275 e. The standard InChI is InChI=1S/C12H11N3O2/c1-8-2-4-9(5-3-8)15-12(17)10-6-14-11(16)7-13-10/h2-7H,1H3,(H,14,16)(H,15,17). The number of hydrogen-bond donors (Lipinski definition) is 2. The third-order valence-electron chi connectivity index (χ3n) is 2.21. The molecule has 0 bridgehead atoms. The lowest BCUT2D eigenvalue weighted by Crippen LogP contribution is -2.16. The lowest BCUT2D eigenvalue weighted by Gasteiger charge is -2.04. The van der Waals surface area contributed by atoms with Crippen LogP contribution in [0.1, 0.15) is 16.1 Å². The molecule has 0 aliphatic heterocycles. The van der Waals surface area contributed by atoms with Gasteiger partial charge in [-0.3, -0.25) is 9.59 Å². The summed E-state index contributed by atoms with van der Waals surface area (Å²) in [5, 5.41) is 2.68. The first kappa shape index (κ1) is 11.1. The highest BCUT2D eigenvalue weighted by Crippen LogP contribution is 2.09. The molecule has 1 amide bonds. The molecule has 5 nitrogen and oxygen atoms in total. The molecular weight excluding hydrogens is 218 g/mol. The number of hydrogen-bond acceptors (Lipinski definition) is 3. The lowest BCUT2D eigenvalue weighted by atomic mass is 10.2. The van der Waals surface area contributed by atoms with Crippen LogP contribution in [0.15, 0.2) is 41.5 Å². The van der Waals surface area contributed by atoms with E-state index >= 15 is 0 Å². The van der Waals surface area contributed by atoms with E-state index in [0.717, 1.165) is 11.8 Å². The van der Waals surface area contributed by atoms with E-state index in [0.29, 0.717) is 5.69 Å². The quantitative estimate of drug-likeness (QED) is 0.815. The van der Waals surface area contributed by atoms with Gasteiger partial charge in [0.2, 0.25) is 0 Å². The molecule has 1 aromatic heterocycles. The van der Waals surface area contributed by atoms with Crippen LogP contribution < -0.4 is 10.9 Å². The summed E-state index contributed by atoms with van der Waals surface area (Å²) in [4.78, 5) is 28.6. The van der Waals surface area contributed by atoms with E-state index in [-0.39, 0.29) is 17.2 Å². The Labute approximate surface area is 97.5 Å². The topological polar surface area (TPSA) is 74.8 Å². The molecule has 17 heavy (non-hydrogen) atoms. The molecule has 0 aliphatic carbocycles. The van der Waals surface area contributed by atoms with Crippen molar-refractivity contribution in [3.05, 3.63) is 58.3 Å². The van der Waals surface area contributed by atoms with Crippen LogP contribution in [0.3, 0.4) is 0 Å². The van der Waals surface area contributed by atoms with Crippen LogP contribution in [-0.2, 0) is 0 Å². The number of nitrogens with one attached hydrogen (secondary N) is 2. The second-order valence-corrected chi connectivity index (χ2v) is 3.62. The third-order valence-corrected chi connectivity index (χ3v) is 2.21. The minimum absolute atomic E-state index is 0.171. The van der Waals surface area contributed by atoms with Crippen LogP contribution in [0.5, 0.6) is 0 Å².